The van der Waals surface area contributed by atoms with Crippen LogP contribution in [0.3, 0.4) is 0 Å². The molecule has 1 N–H and O–H groups in total. The molecular formula is C19H13N5O. The largest absolute Gasteiger partial charge is 0.345 e. The van der Waals surface area contributed by atoms with Crippen LogP contribution in [0.2, 0.25) is 0 Å². The number of hydrogen-bond acceptors (Lipinski definition) is 5. The SMILES string of the molecule is CN(C(=O)c1cccc(NC(C#N)=C(C#N)C#N)c1)c1ccccc1. The van der Waals surface area contributed by atoms with E-state index < -0.39 is 0 Å². The molecule has 0 atom stereocenters. The van der Waals surface area contributed by atoms with Crippen LogP contribution in [0.15, 0.2) is 65.9 Å². The number of hydrogen-bond donors (Lipinski definition) is 1. The Morgan fingerprint density at radius 2 is 1.64 bits per heavy atom. The maximum Gasteiger partial charge on any atom is 0.258 e. The van der Waals surface area contributed by atoms with Crippen LogP contribution in [0.5, 0.6) is 0 Å². The molecule has 2 aromatic carbocycles. The number of amides is 1. The van der Waals surface area contributed by atoms with E-state index in [0.29, 0.717) is 11.3 Å². The fourth-order valence-corrected chi connectivity index (χ4v) is 2.12. The number of carbonyl (C=O) groups is 1. The number of nitrogens with zero attached hydrogens (tertiary/aromatic N) is 4. The quantitative estimate of drug-likeness (QED) is 0.868. The molecule has 0 saturated heterocycles. The summed E-state index contributed by atoms with van der Waals surface area (Å²) in [4.78, 5) is 14.1. The Labute approximate surface area is 145 Å². The zero-order chi connectivity index (χ0) is 18.2. The van der Waals surface area contributed by atoms with Gasteiger partial charge in [0.15, 0.2) is 5.57 Å². The lowest BCUT2D eigenvalue weighted by molar-refractivity contribution is 0.0993. The average molecular weight is 327 g/mol. The van der Waals surface area contributed by atoms with Gasteiger partial charge in [0.25, 0.3) is 5.91 Å². The summed E-state index contributed by atoms with van der Waals surface area (Å²) in [5, 5.41) is 29.5. The number of carbonyl (C=O) groups excluding carboxylic acids is 1. The highest BCUT2D eigenvalue weighted by Crippen LogP contribution is 2.18. The molecule has 0 aromatic heterocycles. The highest BCUT2D eigenvalue weighted by molar-refractivity contribution is 6.06. The van der Waals surface area contributed by atoms with Crippen molar-refractivity contribution in [3.63, 3.8) is 0 Å². The van der Waals surface area contributed by atoms with Gasteiger partial charge in [-0.25, -0.2) is 0 Å². The second-order valence-electron chi connectivity index (χ2n) is 4.99. The summed E-state index contributed by atoms with van der Waals surface area (Å²) in [5.74, 6) is -0.224. The Morgan fingerprint density at radius 1 is 0.960 bits per heavy atom. The van der Waals surface area contributed by atoms with E-state index in [2.05, 4.69) is 5.32 Å². The van der Waals surface area contributed by atoms with Crippen LogP contribution in [0.1, 0.15) is 10.4 Å². The molecule has 0 heterocycles. The van der Waals surface area contributed by atoms with E-state index in [1.165, 1.54) is 4.90 Å². The Kier molecular flexibility index (Phi) is 5.50. The van der Waals surface area contributed by atoms with Crippen LogP contribution in [0.4, 0.5) is 11.4 Å². The molecule has 0 aliphatic carbocycles. The number of nitriles is 3. The summed E-state index contributed by atoms with van der Waals surface area (Å²) < 4.78 is 0. The van der Waals surface area contributed by atoms with E-state index in [9.17, 15) is 4.79 Å². The first-order chi connectivity index (χ1) is 12.1. The van der Waals surface area contributed by atoms with Gasteiger partial charge in [0.1, 0.15) is 23.9 Å². The predicted molar refractivity (Wildman–Crippen MR) is 93.1 cm³/mol. The minimum Gasteiger partial charge on any atom is -0.345 e. The van der Waals surface area contributed by atoms with Gasteiger partial charge in [-0.15, -0.1) is 0 Å². The summed E-state index contributed by atoms with van der Waals surface area (Å²) in [6.45, 7) is 0. The number of rotatable bonds is 4. The van der Waals surface area contributed by atoms with Crippen molar-refractivity contribution in [2.45, 2.75) is 0 Å². The maximum absolute atomic E-state index is 12.6. The molecule has 2 rings (SSSR count). The first kappa shape index (κ1) is 17.3. The lowest BCUT2D eigenvalue weighted by atomic mass is 10.1. The number of nitrogens with one attached hydrogen (secondary N) is 1. The van der Waals surface area contributed by atoms with Gasteiger partial charge in [-0.3, -0.25) is 4.79 Å². The lowest BCUT2D eigenvalue weighted by Gasteiger charge is -2.17. The Bertz CT molecular complexity index is 926. The van der Waals surface area contributed by atoms with E-state index in [-0.39, 0.29) is 17.2 Å². The zero-order valence-corrected chi connectivity index (χ0v) is 13.4. The van der Waals surface area contributed by atoms with E-state index in [0.717, 1.165) is 5.69 Å². The summed E-state index contributed by atoms with van der Waals surface area (Å²) >= 11 is 0. The molecule has 25 heavy (non-hydrogen) atoms. The molecule has 6 heteroatoms. The third-order valence-electron chi connectivity index (χ3n) is 3.41. The molecule has 1 amide bonds. The Hall–Kier alpha value is -4.08. The van der Waals surface area contributed by atoms with Crippen molar-refractivity contribution < 1.29 is 4.79 Å². The standard InChI is InChI=1S/C19H13N5O/c1-24(17-8-3-2-4-9-17)19(25)14-6-5-7-16(10-14)23-18(13-22)15(11-20)12-21/h2-10,23H,1H3. The molecule has 6 nitrogen and oxygen atoms in total. The summed E-state index contributed by atoms with van der Waals surface area (Å²) in [7, 11) is 1.67. The number of para-hydroxylation sites is 1. The monoisotopic (exact) mass is 327 g/mol. The first-order valence-corrected chi connectivity index (χ1v) is 7.25. The Morgan fingerprint density at radius 3 is 2.24 bits per heavy atom. The van der Waals surface area contributed by atoms with Gasteiger partial charge in [-0.2, -0.15) is 15.8 Å². The minimum atomic E-state index is -0.319. The molecule has 0 aliphatic heterocycles. The van der Waals surface area contributed by atoms with Gasteiger partial charge >= 0.3 is 0 Å². The summed E-state index contributed by atoms with van der Waals surface area (Å²) in [5.41, 5.74) is 1.11. The van der Waals surface area contributed by atoms with E-state index in [4.69, 9.17) is 15.8 Å². The van der Waals surface area contributed by atoms with Crippen molar-refractivity contribution in [2.24, 2.45) is 0 Å². The zero-order valence-electron chi connectivity index (χ0n) is 13.4. The van der Waals surface area contributed by atoms with Gasteiger partial charge in [0.05, 0.1) is 0 Å². The van der Waals surface area contributed by atoms with Crippen LogP contribution >= 0.6 is 0 Å². The van der Waals surface area contributed by atoms with Crippen LogP contribution < -0.4 is 10.2 Å². The summed E-state index contributed by atoms with van der Waals surface area (Å²) in [6, 6.07) is 20.8. The van der Waals surface area contributed by atoms with Crippen LogP contribution in [0, 0.1) is 34.0 Å². The average Bonchev–Trinajstić information content (AvgIpc) is 2.67. The normalized spacial score (nSPS) is 9.04. The molecule has 0 fully saturated rings. The molecular weight excluding hydrogens is 314 g/mol. The fourth-order valence-electron chi connectivity index (χ4n) is 2.12. The van der Waals surface area contributed by atoms with Crippen molar-refractivity contribution in [2.75, 3.05) is 17.3 Å². The predicted octanol–water partition coefficient (Wildman–Crippen LogP) is 3.20. The number of anilines is 2. The maximum atomic E-state index is 12.6. The highest BCUT2D eigenvalue weighted by Gasteiger charge is 2.14. The minimum absolute atomic E-state index is 0.161. The summed E-state index contributed by atoms with van der Waals surface area (Å²) in [6.07, 6.45) is 0. The van der Waals surface area contributed by atoms with E-state index >= 15 is 0 Å². The Balaban J connectivity index is 2.29. The van der Waals surface area contributed by atoms with Gasteiger partial charge in [0, 0.05) is 24.0 Å². The molecule has 0 bridgehead atoms. The third-order valence-corrected chi connectivity index (χ3v) is 3.41. The molecule has 2 aromatic rings. The molecule has 0 unspecified atom stereocenters. The van der Waals surface area contributed by atoms with Gasteiger partial charge in [0.2, 0.25) is 0 Å². The molecule has 0 aliphatic rings. The van der Waals surface area contributed by atoms with Crippen LogP contribution in [-0.2, 0) is 0 Å². The van der Waals surface area contributed by atoms with Gasteiger partial charge in [-0.1, -0.05) is 24.3 Å². The van der Waals surface area contributed by atoms with E-state index in [1.807, 2.05) is 30.3 Å². The smallest absolute Gasteiger partial charge is 0.258 e. The highest BCUT2D eigenvalue weighted by atomic mass is 16.2. The molecule has 0 radical (unpaired) electrons. The van der Waals surface area contributed by atoms with Crippen LogP contribution in [0.25, 0.3) is 0 Å². The molecule has 0 spiro atoms. The fraction of sp³-hybridized carbons (Fsp3) is 0.0526. The van der Waals surface area contributed by atoms with Crippen LogP contribution in [-0.4, -0.2) is 13.0 Å². The molecule has 0 saturated carbocycles. The number of allylic oxidation sites excluding steroid dienone is 2. The van der Waals surface area contributed by atoms with Crippen molar-refractivity contribution >= 4 is 17.3 Å². The van der Waals surface area contributed by atoms with Crippen molar-refractivity contribution in [3.05, 3.63) is 71.4 Å². The van der Waals surface area contributed by atoms with E-state index in [1.54, 1.807) is 49.5 Å². The topological polar surface area (TPSA) is 104 Å². The second kappa shape index (κ2) is 7.97. The third kappa shape index (κ3) is 4.01. The first-order valence-electron chi connectivity index (χ1n) is 7.25. The van der Waals surface area contributed by atoms with Gasteiger partial charge in [-0.05, 0) is 30.3 Å². The number of benzene rings is 2. The second-order valence-corrected chi connectivity index (χ2v) is 4.99. The van der Waals surface area contributed by atoms with Crippen molar-refractivity contribution in [3.8, 4) is 18.2 Å². The van der Waals surface area contributed by atoms with Gasteiger partial charge < -0.3 is 10.2 Å². The van der Waals surface area contributed by atoms with Crippen molar-refractivity contribution in [1.29, 1.82) is 15.8 Å². The molecule has 120 valence electrons. The lowest BCUT2D eigenvalue weighted by Crippen LogP contribution is -2.26. The van der Waals surface area contributed by atoms with Crippen molar-refractivity contribution in [1.82, 2.24) is 0 Å².